The molecule has 0 spiro atoms. The van der Waals surface area contributed by atoms with Crippen molar-refractivity contribution in [3.8, 4) is 5.75 Å². The molecule has 6 nitrogen and oxygen atoms in total. The van der Waals surface area contributed by atoms with Gasteiger partial charge in [-0.15, -0.1) is 13.2 Å². The summed E-state index contributed by atoms with van der Waals surface area (Å²) in [7, 11) is -2.34. The van der Waals surface area contributed by atoms with Gasteiger partial charge in [0.1, 0.15) is 5.75 Å². The number of hydrogen-bond donors (Lipinski definition) is 1. The number of amides is 1. The monoisotopic (exact) mass is 430 g/mol. The highest BCUT2D eigenvalue weighted by atomic mass is 32.2. The van der Waals surface area contributed by atoms with Gasteiger partial charge in [0.25, 0.3) is 0 Å². The molecule has 2 aromatic rings. The van der Waals surface area contributed by atoms with Crippen molar-refractivity contribution in [2.75, 3.05) is 13.6 Å². The van der Waals surface area contributed by atoms with E-state index in [1.54, 1.807) is 7.05 Å². The Bertz CT molecular complexity index is 945. The summed E-state index contributed by atoms with van der Waals surface area (Å²) in [5, 5.41) is 0. The number of sulfonamides is 1. The smallest absolute Gasteiger partial charge is 0.406 e. The zero-order valence-electron chi connectivity index (χ0n) is 15.9. The lowest BCUT2D eigenvalue weighted by Crippen LogP contribution is -2.32. The molecular formula is C19H21F3N2O4S. The molecule has 0 atom stereocenters. The van der Waals surface area contributed by atoms with Crippen LogP contribution in [0, 0.1) is 6.92 Å². The SMILES string of the molecule is Cc1ccccc1CN(C)C(=O)CCNS(=O)(=O)c1ccc(OC(F)(F)F)cc1. The maximum absolute atomic E-state index is 12.2. The summed E-state index contributed by atoms with van der Waals surface area (Å²) >= 11 is 0. The fourth-order valence-electron chi connectivity index (χ4n) is 2.52. The van der Waals surface area contributed by atoms with Crippen LogP contribution in [0.15, 0.2) is 53.4 Å². The Morgan fingerprint density at radius 2 is 1.72 bits per heavy atom. The first-order valence-electron chi connectivity index (χ1n) is 8.62. The second-order valence-corrected chi connectivity index (χ2v) is 8.11. The van der Waals surface area contributed by atoms with E-state index >= 15 is 0 Å². The van der Waals surface area contributed by atoms with Gasteiger partial charge in [-0.3, -0.25) is 4.79 Å². The molecule has 2 aromatic carbocycles. The second-order valence-electron chi connectivity index (χ2n) is 6.34. The van der Waals surface area contributed by atoms with Gasteiger partial charge in [0.2, 0.25) is 15.9 Å². The summed E-state index contributed by atoms with van der Waals surface area (Å²) in [6.45, 7) is 2.20. The number of benzene rings is 2. The van der Waals surface area contributed by atoms with Crippen molar-refractivity contribution in [2.24, 2.45) is 0 Å². The highest BCUT2D eigenvalue weighted by Crippen LogP contribution is 2.23. The third-order valence-electron chi connectivity index (χ3n) is 4.09. The average Bonchev–Trinajstić information content (AvgIpc) is 2.62. The van der Waals surface area contributed by atoms with Crippen LogP contribution in [0.25, 0.3) is 0 Å². The third kappa shape index (κ3) is 7.06. The minimum absolute atomic E-state index is 0.0587. The van der Waals surface area contributed by atoms with Crippen molar-refractivity contribution in [1.29, 1.82) is 0 Å². The van der Waals surface area contributed by atoms with Gasteiger partial charge in [-0.25, -0.2) is 13.1 Å². The molecule has 0 unspecified atom stereocenters. The van der Waals surface area contributed by atoms with Crippen molar-refractivity contribution in [1.82, 2.24) is 9.62 Å². The molecule has 29 heavy (non-hydrogen) atoms. The Kier molecular flexibility index (Phi) is 7.26. The van der Waals surface area contributed by atoms with Crippen molar-refractivity contribution in [3.63, 3.8) is 0 Å². The van der Waals surface area contributed by atoms with Crippen LogP contribution in [0.1, 0.15) is 17.5 Å². The number of nitrogens with zero attached hydrogens (tertiary/aromatic N) is 1. The van der Waals surface area contributed by atoms with Crippen LogP contribution in [0.4, 0.5) is 13.2 Å². The maximum atomic E-state index is 12.2. The molecule has 158 valence electrons. The van der Waals surface area contributed by atoms with Crippen LogP contribution in [0.3, 0.4) is 0 Å². The van der Waals surface area contributed by atoms with E-state index in [1.165, 1.54) is 4.90 Å². The summed E-state index contributed by atoms with van der Waals surface area (Å²) in [5.41, 5.74) is 2.04. The van der Waals surface area contributed by atoms with Gasteiger partial charge in [-0.2, -0.15) is 0 Å². The Balaban J connectivity index is 1.88. The Morgan fingerprint density at radius 1 is 1.10 bits per heavy atom. The summed E-state index contributed by atoms with van der Waals surface area (Å²) in [5.74, 6) is -0.769. The number of halogens is 3. The normalized spacial score (nSPS) is 11.9. The number of nitrogens with one attached hydrogen (secondary N) is 1. The molecule has 0 aliphatic heterocycles. The Labute approximate surface area is 167 Å². The second kappa shape index (κ2) is 9.27. The van der Waals surface area contributed by atoms with Gasteiger partial charge in [-0.05, 0) is 42.3 Å². The van der Waals surface area contributed by atoms with Crippen LogP contribution in [0.5, 0.6) is 5.75 Å². The Hall–Kier alpha value is -2.59. The molecule has 10 heteroatoms. The quantitative estimate of drug-likeness (QED) is 0.698. The van der Waals surface area contributed by atoms with E-state index in [1.807, 2.05) is 31.2 Å². The zero-order valence-corrected chi connectivity index (χ0v) is 16.7. The molecule has 0 aliphatic rings. The van der Waals surface area contributed by atoms with E-state index in [0.29, 0.717) is 6.54 Å². The summed E-state index contributed by atoms with van der Waals surface area (Å²) in [6, 6.07) is 11.4. The summed E-state index contributed by atoms with van der Waals surface area (Å²) in [6.07, 6.45) is -4.92. The predicted molar refractivity (Wildman–Crippen MR) is 101 cm³/mol. The van der Waals surface area contributed by atoms with E-state index in [2.05, 4.69) is 9.46 Å². The van der Waals surface area contributed by atoms with Crippen LogP contribution in [-0.2, 0) is 21.4 Å². The highest BCUT2D eigenvalue weighted by Gasteiger charge is 2.31. The lowest BCUT2D eigenvalue weighted by Gasteiger charge is -2.18. The lowest BCUT2D eigenvalue weighted by atomic mass is 10.1. The average molecular weight is 430 g/mol. The van der Waals surface area contributed by atoms with Gasteiger partial charge in [0.05, 0.1) is 4.90 Å². The van der Waals surface area contributed by atoms with Crippen molar-refractivity contribution >= 4 is 15.9 Å². The lowest BCUT2D eigenvalue weighted by molar-refractivity contribution is -0.274. The molecule has 1 amide bonds. The van der Waals surface area contributed by atoms with E-state index in [9.17, 15) is 26.4 Å². The van der Waals surface area contributed by atoms with Gasteiger partial charge in [-0.1, -0.05) is 24.3 Å². The number of aryl methyl sites for hydroxylation is 1. The molecule has 0 saturated heterocycles. The van der Waals surface area contributed by atoms with E-state index in [0.717, 1.165) is 35.4 Å². The molecule has 0 heterocycles. The molecule has 0 saturated carbocycles. The molecule has 0 aliphatic carbocycles. The minimum Gasteiger partial charge on any atom is -0.406 e. The topological polar surface area (TPSA) is 75.7 Å². The number of carbonyl (C=O) groups is 1. The molecular weight excluding hydrogens is 409 g/mol. The van der Waals surface area contributed by atoms with E-state index in [-0.39, 0.29) is 23.8 Å². The van der Waals surface area contributed by atoms with Gasteiger partial charge >= 0.3 is 6.36 Å². The standard InChI is InChI=1S/C19H21F3N2O4S/c1-14-5-3-4-6-15(14)13-24(2)18(25)11-12-23-29(26,27)17-9-7-16(8-10-17)28-19(20,21)22/h3-10,23H,11-13H2,1-2H3. The van der Waals surface area contributed by atoms with Crippen LogP contribution >= 0.6 is 0 Å². The summed E-state index contributed by atoms with van der Waals surface area (Å²) < 4.78 is 66.9. The molecule has 0 bridgehead atoms. The molecule has 1 N–H and O–H groups in total. The first-order chi connectivity index (χ1) is 13.5. The zero-order chi connectivity index (χ0) is 21.7. The first kappa shape index (κ1) is 22.7. The molecule has 0 radical (unpaired) electrons. The van der Waals surface area contributed by atoms with Crippen LogP contribution in [-0.4, -0.2) is 39.2 Å². The molecule has 0 fully saturated rings. The van der Waals surface area contributed by atoms with Crippen molar-refractivity contribution in [2.45, 2.75) is 31.1 Å². The summed E-state index contributed by atoms with van der Waals surface area (Å²) in [4.78, 5) is 13.5. The van der Waals surface area contributed by atoms with Crippen molar-refractivity contribution in [3.05, 3.63) is 59.7 Å². The maximum Gasteiger partial charge on any atom is 0.573 e. The van der Waals surface area contributed by atoms with Crippen LogP contribution < -0.4 is 9.46 Å². The largest absolute Gasteiger partial charge is 0.573 e. The number of rotatable bonds is 8. The first-order valence-corrected chi connectivity index (χ1v) is 10.1. The fraction of sp³-hybridized carbons (Fsp3) is 0.316. The van der Waals surface area contributed by atoms with Crippen LogP contribution in [0.2, 0.25) is 0 Å². The highest BCUT2D eigenvalue weighted by molar-refractivity contribution is 7.89. The number of hydrogen-bond acceptors (Lipinski definition) is 4. The molecule has 2 rings (SSSR count). The van der Waals surface area contributed by atoms with E-state index < -0.39 is 22.1 Å². The fourth-order valence-corrected chi connectivity index (χ4v) is 3.55. The number of ether oxygens (including phenoxy) is 1. The van der Waals surface area contributed by atoms with Gasteiger partial charge in [0, 0.05) is 26.6 Å². The number of alkyl halides is 3. The number of carbonyl (C=O) groups excluding carboxylic acids is 1. The van der Waals surface area contributed by atoms with E-state index in [4.69, 9.17) is 0 Å². The van der Waals surface area contributed by atoms with Gasteiger partial charge < -0.3 is 9.64 Å². The minimum atomic E-state index is -4.86. The predicted octanol–water partition coefficient (Wildman–Crippen LogP) is 3.22. The third-order valence-corrected chi connectivity index (χ3v) is 5.57. The van der Waals surface area contributed by atoms with Crippen molar-refractivity contribution < 1.29 is 31.1 Å². The van der Waals surface area contributed by atoms with Gasteiger partial charge in [0.15, 0.2) is 0 Å². The molecule has 0 aromatic heterocycles. The Morgan fingerprint density at radius 3 is 2.31 bits per heavy atom.